The maximum Gasteiger partial charge on any atom is 0.311 e. The highest BCUT2D eigenvalue weighted by molar-refractivity contribution is 6.74. The second-order valence-corrected chi connectivity index (χ2v) is 25.2. The molecule has 59 heavy (non-hydrogen) atoms. The number of carbonyl (C=O) groups excluding carboxylic acids is 2. The van der Waals surface area contributed by atoms with Crippen molar-refractivity contribution in [2.75, 3.05) is 14.1 Å². The Hall–Kier alpha value is -1.82. The molecule has 3 saturated heterocycles. The Balaban J connectivity index is 1.35. The molecule has 0 saturated carbocycles. The van der Waals surface area contributed by atoms with Gasteiger partial charge in [0.05, 0.1) is 54.6 Å². The smallest absolute Gasteiger partial charge is 0.311 e. The van der Waals surface area contributed by atoms with Crippen LogP contribution in [0.2, 0.25) is 18.1 Å². The molecule has 0 unspecified atom stereocenters. The van der Waals surface area contributed by atoms with E-state index in [2.05, 4.69) is 87.5 Å². The van der Waals surface area contributed by atoms with Crippen molar-refractivity contribution in [1.82, 2.24) is 4.90 Å². The minimum atomic E-state index is -2.13. The first-order valence-corrected chi connectivity index (χ1v) is 26.4. The van der Waals surface area contributed by atoms with Crippen molar-refractivity contribution in [2.45, 2.75) is 219 Å². The molecule has 10 heteroatoms. The first-order chi connectivity index (χ1) is 27.8. The van der Waals surface area contributed by atoms with Gasteiger partial charge in [-0.3, -0.25) is 9.59 Å². The van der Waals surface area contributed by atoms with E-state index < -0.39 is 8.32 Å². The summed E-state index contributed by atoms with van der Waals surface area (Å²) in [5.74, 6) is -0.856. The molecule has 1 aromatic carbocycles. The molecule has 3 aliphatic rings. The number of ether oxygens (including phenoxy) is 5. The summed E-state index contributed by atoms with van der Waals surface area (Å²) in [7, 11) is 2.26. The fraction of sp³-hybridized carbons (Fsp3) is 0.837. The number of esters is 2. The van der Waals surface area contributed by atoms with Gasteiger partial charge in [0.25, 0.3) is 0 Å². The highest BCUT2D eigenvalue weighted by atomic mass is 28.4. The lowest BCUT2D eigenvalue weighted by atomic mass is 9.84. The fourth-order valence-electron chi connectivity index (χ4n) is 9.41. The summed E-state index contributed by atoms with van der Waals surface area (Å²) in [5.41, 5.74) is 0.965. The Morgan fingerprint density at radius 3 is 1.78 bits per heavy atom. The van der Waals surface area contributed by atoms with Crippen LogP contribution in [0, 0.1) is 29.6 Å². The molecule has 3 aliphatic heterocycles. The molecule has 338 valence electrons. The molecule has 9 nitrogen and oxygen atoms in total. The average molecular weight is 844 g/mol. The van der Waals surface area contributed by atoms with Crippen LogP contribution in [0.1, 0.15) is 145 Å². The highest BCUT2D eigenvalue weighted by Gasteiger charge is 2.48. The van der Waals surface area contributed by atoms with Gasteiger partial charge in [0.15, 0.2) is 8.32 Å². The second kappa shape index (κ2) is 22.5. The average Bonchev–Trinajstić information content (AvgIpc) is 3.99. The molecule has 0 spiro atoms. The summed E-state index contributed by atoms with van der Waals surface area (Å²) in [6.07, 6.45) is 10.2. The van der Waals surface area contributed by atoms with Crippen molar-refractivity contribution < 1.29 is 37.7 Å². The van der Waals surface area contributed by atoms with E-state index in [1.54, 1.807) is 0 Å². The van der Waals surface area contributed by atoms with Crippen LogP contribution in [0.5, 0.6) is 0 Å². The molecular formula is C49H85NO8Si. The van der Waals surface area contributed by atoms with Crippen LogP contribution >= 0.6 is 0 Å². The van der Waals surface area contributed by atoms with Gasteiger partial charge >= 0.3 is 11.9 Å². The van der Waals surface area contributed by atoms with Crippen molar-refractivity contribution in [1.29, 1.82) is 0 Å². The predicted molar refractivity (Wildman–Crippen MR) is 240 cm³/mol. The molecule has 14 atom stereocenters. The van der Waals surface area contributed by atoms with Crippen LogP contribution < -0.4 is 0 Å². The number of nitrogens with zero attached hydrogens (tertiary/aromatic N) is 1. The Bertz CT molecular complexity index is 1420. The lowest BCUT2D eigenvalue weighted by molar-refractivity contribution is -0.166. The molecule has 0 aromatic heterocycles. The summed E-state index contributed by atoms with van der Waals surface area (Å²) in [5, 5.41) is 0.0728. The number of benzene rings is 1. The number of hydrogen-bond acceptors (Lipinski definition) is 9. The van der Waals surface area contributed by atoms with Crippen LogP contribution in [0.3, 0.4) is 0 Å². The molecule has 3 fully saturated rings. The quantitative estimate of drug-likeness (QED) is 0.0835. The van der Waals surface area contributed by atoms with Crippen LogP contribution in [-0.4, -0.2) is 94.1 Å². The number of carbonyl (C=O) groups is 2. The minimum absolute atomic E-state index is 0.00606. The molecule has 4 rings (SSSR count). The van der Waals surface area contributed by atoms with Gasteiger partial charge in [-0.05, 0) is 109 Å². The van der Waals surface area contributed by atoms with E-state index in [9.17, 15) is 9.59 Å². The van der Waals surface area contributed by atoms with Crippen LogP contribution in [0.4, 0.5) is 0 Å². The van der Waals surface area contributed by atoms with Gasteiger partial charge in [0.1, 0.15) is 12.7 Å². The maximum atomic E-state index is 13.9. The van der Waals surface area contributed by atoms with E-state index in [0.29, 0.717) is 6.04 Å². The van der Waals surface area contributed by atoms with E-state index >= 15 is 0 Å². The van der Waals surface area contributed by atoms with Gasteiger partial charge in [-0.15, -0.1) is 0 Å². The third-order valence-corrected chi connectivity index (χ3v) is 19.2. The first kappa shape index (κ1) is 49.8. The Morgan fingerprint density at radius 1 is 0.729 bits per heavy atom. The zero-order valence-corrected chi connectivity index (χ0v) is 40.7. The van der Waals surface area contributed by atoms with Crippen molar-refractivity contribution in [3.63, 3.8) is 0 Å². The van der Waals surface area contributed by atoms with E-state index in [1.165, 1.54) is 12.8 Å². The topological polar surface area (TPSA) is 92.8 Å². The van der Waals surface area contributed by atoms with E-state index in [-0.39, 0.29) is 102 Å². The largest absolute Gasteiger partial charge is 0.462 e. The van der Waals surface area contributed by atoms with Crippen molar-refractivity contribution in [3.05, 3.63) is 35.9 Å². The van der Waals surface area contributed by atoms with Crippen molar-refractivity contribution in [2.24, 2.45) is 29.6 Å². The van der Waals surface area contributed by atoms with Gasteiger partial charge in [-0.1, -0.05) is 98.6 Å². The highest BCUT2D eigenvalue weighted by Crippen LogP contribution is 2.44. The summed E-state index contributed by atoms with van der Waals surface area (Å²) in [4.78, 5) is 29.2. The molecule has 0 bridgehead atoms. The van der Waals surface area contributed by atoms with Crippen molar-refractivity contribution in [3.8, 4) is 0 Å². The van der Waals surface area contributed by atoms with Gasteiger partial charge in [-0.25, -0.2) is 0 Å². The third kappa shape index (κ3) is 13.6. The number of hydrogen-bond donors (Lipinski definition) is 0. The van der Waals surface area contributed by atoms with E-state index in [0.717, 1.165) is 63.4 Å². The summed E-state index contributed by atoms with van der Waals surface area (Å²) >= 11 is 0. The monoisotopic (exact) mass is 844 g/mol. The van der Waals surface area contributed by atoms with Gasteiger partial charge in [0, 0.05) is 23.8 Å². The SMILES string of the molecule is CCC[C@H](C[C@@H]1CC[C@H]([C@@H](C)[C@H](O[Si](C)(C)C(C)(C)C)[C@H](C)[C@@H]2CC[C@H]([C@@H](C)C(=O)O[C@@H](CCC)[C@H](C)[C@@H]3CC[C@H]([C@H](C)C(=O)OCc4ccccc4)O3)O2)O1)N(C)C. The molecule has 1 aromatic rings. The molecular weight excluding hydrogens is 759 g/mol. The number of rotatable bonds is 22. The molecule has 0 amide bonds. The maximum absolute atomic E-state index is 13.9. The van der Waals surface area contributed by atoms with E-state index in [4.69, 9.17) is 28.1 Å². The molecule has 0 aliphatic carbocycles. The lowest BCUT2D eigenvalue weighted by Gasteiger charge is -2.45. The fourth-order valence-corrected chi connectivity index (χ4v) is 10.9. The standard InChI is InChI=1S/C49H85NO8Si/c1-15-20-38(50(11)12)30-39-24-25-42(54-39)33(4)46(58-59(13,14)49(8,9)10)34(5)43-27-29-45(56-43)36(7)48(52)57-40(21-16-2)32(3)41-26-28-44(55-41)35(6)47(51)53-31-37-22-18-17-19-23-37/h17-19,22-23,32-36,38-46H,15-16,20-21,24-31H2,1-14H3/t32-,33+,34+,35-,36+,38+,39-,40-,41-,42+,43-,44+,45+,46-/m0/s1. The van der Waals surface area contributed by atoms with Gasteiger partial charge in [0.2, 0.25) is 0 Å². The summed E-state index contributed by atoms with van der Waals surface area (Å²) in [6, 6.07) is 10.3. The third-order valence-electron chi connectivity index (χ3n) is 14.7. The molecule has 0 N–H and O–H groups in total. The Kier molecular flexibility index (Phi) is 19.0. The van der Waals surface area contributed by atoms with Gasteiger partial charge < -0.3 is 33.0 Å². The summed E-state index contributed by atoms with van der Waals surface area (Å²) in [6.45, 7) is 26.9. The molecule has 3 heterocycles. The Labute approximate surface area is 360 Å². The van der Waals surface area contributed by atoms with Crippen LogP contribution in [-0.2, 0) is 44.3 Å². The van der Waals surface area contributed by atoms with Crippen molar-refractivity contribution >= 4 is 20.3 Å². The van der Waals surface area contributed by atoms with E-state index in [1.807, 2.05) is 44.2 Å². The second-order valence-electron chi connectivity index (χ2n) is 20.5. The minimum Gasteiger partial charge on any atom is -0.462 e. The lowest BCUT2D eigenvalue weighted by Crippen LogP contribution is -2.51. The summed E-state index contributed by atoms with van der Waals surface area (Å²) < 4.78 is 39.6. The zero-order chi connectivity index (χ0) is 43.7. The van der Waals surface area contributed by atoms with Crippen LogP contribution in [0.15, 0.2) is 30.3 Å². The van der Waals surface area contributed by atoms with Crippen LogP contribution in [0.25, 0.3) is 0 Å². The normalized spacial score (nSPS) is 28.1. The zero-order valence-electron chi connectivity index (χ0n) is 39.7. The first-order valence-electron chi connectivity index (χ1n) is 23.5. The Morgan fingerprint density at radius 2 is 1.24 bits per heavy atom. The molecule has 0 radical (unpaired) electrons. The predicted octanol–water partition coefficient (Wildman–Crippen LogP) is 10.8. The van der Waals surface area contributed by atoms with Gasteiger partial charge in [-0.2, -0.15) is 0 Å².